The summed E-state index contributed by atoms with van der Waals surface area (Å²) in [7, 11) is -8.10. The van der Waals surface area contributed by atoms with Crippen molar-refractivity contribution < 1.29 is 39.6 Å². The molecular formula is C23H24ClN3O8S3. The van der Waals surface area contributed by atoms with Gasteiger partial charge in [-0.05, 0) is 36.6 Å². The van der Waals surface area contributed by atoms with Crippen molar-refractivity contribution in [2.24, 2.45) is 0 Å². The number of carbonyl (C=O) groups is 1. The number of fused-ring (bicyclic) bond motifs is 2. The number of nitrogens with zero attached hydrogens (tertiary/aromatic N) is 2. The Morgan fingerprint density at radius 1 is 1.26 bits per heavy atom. The molecule has 0 atom stereocenters. The van der Waals surface area contributed by atoms with Crippen LogP contribution in [0.5, 0.6) is 0 Å². The van der Waals surface area contributed by atoms with Crippen LogP contribution in [0, 0.1) is 0 Å². The highest BCUT2D eigenvalue weighted by Gasteiger charge is 2.28. The average Bonchev–Trinajstić information content (AvgIpc) is 3.46. The molecule has 0 saturated carbocycles. The number of oxazole rings is 1. The Hall–Kier alpha value is -2.78. The SMILES string of the molecule is CCC(=Cc1oc2ccc(Cl)cc2[n+]1CC(=O)NS(C)(=O)=O)C=C1Sc2cocc2N1CCCS(=O)(=O)[O-]. The maximum atomic E-state index is 12.4. The molecule has 0 saturated heterocycles. The fourth-order valence-corrected chi connectivity index (χ4v) is 6.10. The number of amides is 1. The number of hydrogen-bond acceptors (Lipinski definition) is 10. The molecule has 3 heterocycles. The van der Waals surface area contributed by atoms with Gasteiger partial charge in [-0.3, -0.25) is 4.79 Å². The highest BCUT2D eigenvalue weighted by atomic mass is 35.5. The monoisotopic (exact) mass is 601 g/mol. The predicted octanol–water partition coefficient (Wildman–Crippen LogP) is 3.22. The quantitative estimate of drug-likeness (QED) is 0.270. The van der Waals surface area contributed by atoms with Gasteiger partial charge in [0.2, 0.25) is 22.2 Å². The molecule has 2 aromatic heterocycles. The van der Waals surface area contributed by atoms with Crippen molar-refractivity contribution >= 4 is 72.3 Å². The van der Waals surface area contributed by atoms with E-state index >= 15 is 0 Å². The van der Waals surface area contributed by atoms with Crippen LogP contribution in [0.3, 0.4) is 0 Å². The second-order valence-electron chi connectivity index (χ2n) is 8.48. The van der Waals surface area contributed by atoms with Gasteiger partial charge >= 0.3 is 5.89 Å². The summed E-state index contributed by atoms with van der Waals surface area (Å²) < 4.78 is 71.1. The molecule has 0 spiro atoms. The normalized spacial score (nSPS) is 15.4. The molecule has 0 fully saturated rings. The van der Waals surface area contributed by atoms with Gasteiger partial charge in [0.05, 0.1) is 38.1 Å². The summed E-state index contributed by atoms with van der Waals surface area (Å²) in [5.41, 5.74) is 2.53. The first-order valence-electron chi connectivity index (χ1n) is 11.3. The molecule has 38 heavy (non-hydrogen) atoms. The number of carbonyl (C=O) groups excluding carboxylic acids is 1. The Labute approximate surface area is 228 Å². The van der Waals surface area contributed by atoms with Crippen LogP contribution in [-0.4, -0.2) is 45.8 Å². The Bertz CT molecular complexity index is 1660. The summed E-state index contributed by atoms with van der Waals surface area (Å²) in [6, 6.07) is 4.92. The molecule has 0 radical (unpaired) electrons. The van der Waals surface area contributed by atoms with Crippen molar-refractivity contribution in [3.63, 3.8) is 0 Å². The van der Waals surface area contributed by atoms with Gasteiger partial charge in [-0.15, -0.1) is 4.57 Å². The van der Waals surface area contributed by atoms with E-state index in [9.17, 15) is 26.2 Å². The number of allylic oxidation sites excluding steroid dienone is 2. The molecule has 4 rings (SSSR count). The van der Waals surface area contributed by atoms with E-state index in [1.54, 1.807) is 36.8 Å². The van der Waals surface area contributed by atoms with Crippen LogP contribution in [0.15, 0.2) is 61.1 Å². The van der Waals surface area contributed by atoms with Crippen LogP contribution in [-0.2, 0) is 31.5 Å². The molecule has 1 N–H and O–H groups in total. The topological polar surface area (TPSA) is 154 Å². The number of anilines is 1. The third kappa shape index (κ3) is 6.99. The summed E-state index contributed by atoms with van der Waals surface area (Å²) in [6.07, 6.45) is 8.38. The minimum absolute atomic E-state index is 0.138. The number of hydrogen-bond donors (Lipinski definition) is 1. The van der Waals surface area contributed by atoms with Crippen molar-refractivity contribution in [1.82, 2.24) is 4.72 Å². The maximum Gasteiger partial charge on any atom is 0.374 e. The molecule has 3 aromatic rings. The Balaban J connectivity index is 1.70. The Kier molecular flexibility index (Phi) is 8.28. The van der Waals surface area contributed by atoms with Gasteiger partial charge < -0.3 is 18.3 Å². The van der Waals surface area contributed by atoms with E-state index < -0.39 is 31.8 Å². The minimum Gasteiger partial charge on any atom is -0.748 e. The van der Waals surface area contributed by atoms with E-state index in [1.165, 1.54) is 16.3 Å². The van der Waals surface area contributed by atoms with Crippen LogP contribution in [0.2, 0.25) is 5.02 Å². The lowest BCUT2D eigenvalue weighted by molar-refractivity contribution is -0.665. The number of nitrogens with one attached hydrogen (secondary N) is 1. The van der Waals surface area contributed by atoms with Gasteiger partial charge in [0.15, 0.2) is 0 Å². The van der Waals surface area contributed by atoms with Crippen molar-refractivity contribution in [2.45, 2.75) is 31.2 Å². The van der Waals surface area contributed by atoms with Crippen LogP contribution < -0.4 is 14.2 Å². The second-order valence-corrected chi connectivity index (χ2v) is 13.3. The van der Waals surface area contributed by atoms with Crippen LogP contribution in [0.1, 0.15) is 25.7 Å². The molecule has 0 bridgehead atoms. The van der Waals surface area contributed by atoms with Crippen molar-refractivity contribution in [3.05, 3.63) is 58.3 Å². The number of rotatable bonds is 10. The number of aromatic nitrogens is 1. The van der Waals surface area contributed by atoms with Gasteiger partial charge in [-0.2, -0.15) is 0 Å². The molecule has 1 aliphatic rings. The molecule has 204 valence electrons. The van der Waals surface area contributed by atoms with Gasteiger partial charge in [0.1, 0.15) is 12.5 Å². The van der Waals surface area contributed by atoms with Crippen LogP contribution in [0.25, 0.3) is 17.2 Å². The van der Waals surface area contributed by atoms with Gasteiger partial charge in [0.25, 0.3) is 11.4 Å². The van der Waals surface area contributed by atoms with Crippen LogP contribution in [0.4, 0.5) is 5.69 Å². The Morgan fingerprint density at radius 3 is 2.71 bits per heavy atom. The molecule has 1 aliphatic heterocycles. The Morgan fingerprint density at radius 2 is 2.03 bits per heavy atom. The first-order valence-corrected chi connectivity index (χ1v) is 16.0. The predicted molar refractivity (Wildman–Crippen MR) is 142 cm³/mol. The van der Waals surface area contributed by atoms with Crippen molar-refractivity contribution in [1.29, 1.82) is 0 Å². The number of furan rings is 1. The molecule has 1 aromatic carbocycles. The largest absolute Gasteiger partial charge is 0.748 e. The lowest BCUT2D eigenvalue weighted by Gasteiger charge is -2.20. The third-order valence-electron chi connectivity index (χ3n) is 5.47. The lowest BCUT2D eigenvalue weighted by Crippen LogP contribution is -2.45. The van der Waals surface area contributed by atoms with E-state index in [0.29, 0.717) is 35.0 Å². The fraction of sp³-hybridized carbons (Fsp3) is 0.304. The molecule has 11 nitrogen and oxygen atoms in total. The van der Waals surface area contributed by atoms with E-state index in [-0.39, 0.29) is 13.0 Å². The second kappa shape index (κ2) is 11.1. The highest BCUT2D eigenvalue weighted by Crippen LogP contribution is 2.47. The smallest absolute Gasteiger partial charge is 0.374 e. The minimum atomic E-state index is -4.34. The zero-order valence-corrected chi connectivity index (χ0v) is 23.5. The summed E-state index contributed by atoms with van der Waals surface area (Å²) in [6.45, 7) is 1.89. The standard InChI is InChI=1S/C23H24ClN3O8S3/c1-3-15(10-23-26(7-4-8-38(31,32)33)18-13-34-14-20(18)36-23)9-22-27(12-21(28)25-37(2,29)30)17-11-16(24)5-6-19(17)35-22/h5-6,9-11,13-14H,3-4,7-8,12H2,1-2H3,(H-,25,28,31,32,33). The third-order valence-corrected chi connectivity index (χ3v) is 8.17. The molecule has 0 aliphatic carbocycles. The summed E-state index contributed by atoms with van der Waals surface area (Å²) in [4.78, 5) is 15.2. The van der Waals surface area contributed by atoms with Gasteiger partial charge in [0, 0.05) is 23.4 Å². The van der Waals surface area contributed by atoms with E-state index in [2.05, 4.69) is 0 Å². The zero-order chi connectivity index (χ0) is 27.7. The van der Waals surface area contributed by atoms with Crippen molar-refractivity contribution in [2.75, 3.05) is 23.5 Å². The average molecular weight is 602 g/mol. The molecule has 15 heteroatoms. The van der Waals surface area contributed by atoms with E-state index in [0.717, 1.165) is 27.4 Å². The summed E-state index contributed by atoms with van der Waals surface area (Å²) in [5.74, 6) is -0.931. The molecule has 1 amide bonds. The summed E-state index contributed by atoms with van der Waals surface area (Å²) >= 11 is 7.59. The fourth-order valence-electron chi connectivity index (χ4n) is 3.87. The zero-order valence-electron chi connectivity index (χ0n) is 20.3. The number of halogens is 1. The number of thioether (sulfide) groups is 1. The number of sulfonamides is 1. The number of benzene rings is 1. The van der Waals surface area contributed by atoms with Crippen LogP contribution >= 0.6 is 23.4 Å². The van der Waals surface area contributed by atoms with E-state index in [4.69, 9.17) is 20.4 Å². The first kappa shape index (κ1) is 28.2. The molecule has 0 unspecified atom stereocenters. The van der Waals surface area contributed by atoms with Gasteiger partial charge in [-0.25, -0.2) is 21.6 Å². The van der Waals surface area contributed by atoms with E-state index in [1.807, 2.05) is 22.6 Å². The summed E-state index contributed by atoms with van der Waals surface area (Å²) in [5, 5.41) is 1.21. The van der Waals surface area contributed by atoms with Gasteiger partial charge in [-0.1, -0.05) is 30.3 Å². The highest BCUT2D eigenvalue weighted by molar-refractivity contribution is 8.03. The molecular weight excluding hydrogens is 578 g/mol. The maximum absolute atomic E-state index is 12.4. The lowest BCUT2D eigenvalue weighted by atomic mass is 10.2. The first-order chi connectivity index (χ1) is 17.8. The van der Waals surface area contributed by atoms with Crippen molar-refractivity contribution in [3.8, 4) is 0 Å².